The molecular formula is C33H39F3N2O5S. The molecule has 0 spiro atoms. The number of benzene rings is 3. The number of aliphatic hydroxyl groups is 1. The van der Waals surface area contributed by atoms with E-state index in [0.717, 1.165) is 35.7 Å². The van der Waals surface area contributed by atoms with Crippen LogP contribution in [0.15, 0.2) is 71.6 Å². The van der Waals surface area contributed by atoms with Gasteiger partial charge in [0.1, 0.15) is 0 Å². The number of carboxylic acid groups (broad SMARTS) is 1. The number of halogens is 3. The van der Waals surface area contributed by atoms with Crippen molar-refractivity contribution in [3.63, 3.8) is 0 Å². The Kier molecular flexibility index (Phi) is 10.2. The number of hydrogen-bond donors (Lipinski definition) is 3. The third kappa shape index (κ3) is 8.47. The maximum atomic E-state index is 14.2. The van der Waals surface area contributed by atoms with Crippen LogP contribution in [0.3, 0.4) is 0 Å². The summed E-state index contributed by atoms with van der Waals surface area (Å²) in [5, 5.41) is 23.0. The molecule has 0 aromatic heterocycles. The van der Waals surface area contributed by atoms with E-state index in [1.54, 1.807) is 6.07 Å². The van der Waals surface area contributed by atoms with Gasteiger partial charge in [0.25, 0.3) is 0 Å². The second-order valence-corrected chi connectivity index (χ2v) is 14.3. The average Bonchev–Trinajstić information content (AvgIpc) is 3.36. The molecule has 0 radical (unpaired) electrons. The summed E-state index contributed by atoms with van der Waals surface area (Å²) in [4.78, 5) is 10.4. The summed E-state index contributed by atoms with van der Waals surface area (Å²) in [6, 6.07) is 17.3. The number of aliphatic hydroxyl groups excluding tert-OH is 1. The Hall–Kier alpha value is -3.25. The van der Waals surface area contributed by atoms with Gasteiger partial charge in [-0.1, -0.05) is 54.6 Å². The van der Waals surface area contributed by atoms with Crippen molar-refractivity contribution in [2.45, 2.75) is 68.7 Å². The number of aliphatic carboxylic acids is 1. The maximum absolute atomic E-state index is 14.2. The number of rotatable bonds is 13. The van der Waals surface area contributed by atoms with Crippen molar-refractivity contribution in [1.29, 1.82) is 0 Å². The van der Waals surface area contributed by atoms with Crippen molar-refractivity contribution >= 4 is 16.0 Å². The molecule has 0 bridgehead atoms. The molecule has 1 atom stereocenters. The number of hydrogen-bond acceptors (Lipinski definition) is 5. The summed E-state index contributed by atoms with van der Waals surface area (Å²) in [5.74, 6) is -0.571. The Morgan fingerprint density at radius 3 is 2.30 bits per heavy atom. The number of sulfonamides is 1. The second-order valence-electron chi connectivity index (χ2n) is 12.3. The van der Waals surface area contributed by atoms with Crippen LogP contribution in [0, 0.1) is 5.92 Å². The van der Waals surface area contributed by atoms with Gasteiger partial charge < -0.3 is 15.5 Å². The number of fused-ring (bicyclic) bond motifs is 1. The highest BCUT2D eigenvalue weighted by molar-refractivity contribution is 7.89. The highest BCUT2D eigenvalue weighted by Crippen LogP contribution is 2.39. The first-order valence-electron chi connectivity index (χ1n) is 14.5. The molecule has 0 unspecified atom stereocenters. The topological polar surface area (TPSA) is 107 Å². The molecule has 3 aromatic carbocycles. The quantitative estimate of drug-likeness (QED) is 0.228. The fourth-order valence-corrected chi connectivity index (χ4v) is 7.17. The van der Waals surface area contributed by atoms with Crippen LogP contribution >= 0.6 is 0 Å². The molecule has 0 aliphatic heterocycles. The first-order chi connectivity index (χ1) is 20.5. The summed E-state index contributed by atoms with van der Waals surface area (Å²) < 4.78 is 70.0. The van der Waals surface area contributed by atoms with E-state index in [1.165, 1.54) is 36.4 Å². The third-order valence-electron chi connectivity index (χ3n) is 8.09. The van der Waals surface area contributed by atoms with Crippen molar-refractivity contribution in [3.05, 3.63) is 89.0 Å². The number of nitrogens with zero attached hydrogens (tertiary/aromatic N) is 1. The third-order valence-corrected chi connectivity index (χ3v) is 9.91. The van der Waals surface area contributed by atoms with Crippen molar-refractivity contribution in [2.24, 2.45) is 5.92 Å². The Morgan fingerprint density at radius 1 is 1.02 bits per heavy atom. The van der Waals surface area contributed by atoms with Crippen LogP contribution in [-0.4, -0.2) is 60.7 Å². The van der Waals surface area contributed by atoms with E-state index < -0.39 is 38.7 Å². The number of nitrogens with one attached hydrogen (secondary N) is 1. The Morgan fingerprint density at radius 2 is 1.68 bits per heavy atom. The molecule has 44 heavy (non-hydrogen) atoms. The molecule has 1 aliphatic rings. The zero-order valence-corrected chi connectivity index (χ0v) is 25.9. The van der Waals surface area contributed by atoms with Gasteiger partial charge in [-0.3, -0.25) is 4.79 Å². The molecule has 3 aromatic rings. The molecule has 0 amide bonds. The summed E-state index contributed by atoms with van der Waals surface area (Å²) in [6.45, 7) is 3.86. The van der Waals surface area contributed by atoms with E-state index in [4.69, 9.17) is 5.11 Å². The SMILES string of the molecule is CN(C[C@@H](O)CNC(C)(C)CC1Cc2ccccc2C1)S(=O)(=O)c1ccc(-c2cccc(CCC(=O)O)c2)c(C(F)(F)F)c1. The molecular weight excluding hydrogens is 593 g/mol. The molecule has 0 saturated carbocycles. The predicted octanol–water partition coefficient (Wildman–Crippen LogP) is 5.54. The van der Waals surface area contributed by atoms with E-state index in [9.17, 15) is 31.5 Å². The van der Waals surface area contributed by atoms with E-state index in [-0.39, 0.29) is 42.6 Å². The van der Waals surface area contributed by atoms with Gasteiger partial charge in [-0.15, -0.1) is 0 Å². The average molecular weight is 633 g/mol. The number of β-amino-alcohol motifs (C(OH)–C–C–N with tert-alkyl or cyclic N) is 1. The van der Waals surface area contributed by atoms with Gasteiger partial charge in [0.2, 0.25) is 10.0 Å². The minimum Gasteiger partial charge on any atom is -0.481 e. The molecule has 11 heteroatoms. The fraction of sp³-hybridized carbons (Fsp3) is 0.424. The molecule has 7 nitrogen and oxygen atoms in total. The minimum absolute atomic E-state index is 0.109. The first-order valence-corrected chi connectivity index (χ1v) is 16.0. The molecule has 0 saturated heterocycles. The lowest BCUT2D eigenvalue weighted by molar-refractivity contribution is -0.138. The standard InChI is InChI=1S/C33H39F3N2O5S/c1-32(2,19-23-16-24-8-4-5-9-25(24)17-23)37-20-27(39)21-38(3)44(42,43)28-12-13-29(30(18-28)33(34,35)36)26-10-6-7-22(15-26)11-14-31(40)41/h4-10,12-13,15,18,23,27,37,39H,11,14,16-17,19-21H2,1-3H3,(H,40,41)/t27-/m0/s1. The highest BCUT2D eigenvalue weighted by atomic mass is 32.2. The van der Waals surface area contributed by atoms with E-state index in [1.807, 2.05) is 26.0 Å². The summed E-state index contributed by atoms with van der Waals surface area (Å²) >= 11 is 0. The van der Waals surface area contributed by atoms with Gasteiger partial charge in [-0.05, 0) is 85.4 Å². The number of aryl methyl sites for hydroxylation is 1. The van der Waals surface area contributed by atoms with Crippen LogP contribution in [0.5, 0.6) is 0 Å². The van der Waals surface area contributed by atoms with Crippen LogP contribution in [0.1, 0.15) is 48.9 Å². The van der Waals surface area contributed by atoms with Crippen molar-refractivity contribution in [2.75, 3.05) is 20.1 Å². The monoisotopic (exact) mass is 632 g/mol. The smallest absolute Gasteiger partial charge is 0.417 e. The van der Waals surface area contributed by atoms with Gasteiger partial charge in [-0.2, -0.15) is 17.5 Å². The molecule has 1 aliphatic carbocycles. The highest BCUT2D eigenvalue weighted by Gasteiger charge is 2.36. The molecule has 0 fully saturated rings. The minimum atomic E-state index is -4.85. The lowest BCUT2D eigenvalue weighted by Gasteiger charge is -2.31. The van der Waals surface area contributed by atoms with Crippen LogP contribution in [0.25, 0.3) is 11.1 Å². The number of likely N-dealkylation sites (N-methyl/N-ethyl adjacent to an activating group) is 1. The van der Waals surface area contributed by atoms with E-state index >= 15 is 0 Å². The van der Waals surface area contributed by atoms with Crippen molar-refractivity contribution in [3.8, 4) is 11.1 Å². The molecule has 0 heterocycles. The molecule has 3 N–H and O–H groups in total. The van der Waals surface area contributed by atoms with E-state index in [0.29, 0.717) is 17.5 Å². The van der Waals surface area contributed by atoms with Gasteiger partial charge in [0, 0.05) is 32.1 Å². The largest absolute Gasteiger partial charge is 0.481 e. The fourth-order valence-electron chi connectivity index (χ4n) is 5.94. The summed E-state index contributed by atoms with van der Waals surface area (Å²) in [5.41, 5.74) is 1.79. The maximum Gasteiger partial charge on any atom is 0.417 e. The van der Waals surface area contributed by atoms with Gasteiger partial charge in [0.05, 0.1) is 16.6 Å². The number of carbonyl (C=O) groups is 1. The van der Waals surface area contributed by atoms with Crippen LogP contribution in [0.4, 0.5) is 13.2 Å². The molecule has 238 valence electrons. The van der Waals surface area contributed by atoms with Crippen LogP contribution < -0.4 is 5.32 Å². The number of alkyl halides is 3. The van der Waals surface area contributed by atoms with Gasteiger partial charge in [0.15, 0.2) is 0 Å². The molecule has 4 rings (SSSR count). The zero-order chi connectivity index (χ0) is 32.3. The van der Waals surface area contributed by atoms with Crippen molar-refractivity contribution in [1.82, 2.24) is 9.62 Å². The second kappa shape index (κ2) is 13.4. The zero-order valence-electron chi connectivity index (χ0n) is 25.1. The summed E-state index contributed by atoms with van der Waals surface area (Å²) in [7, 11) is -3.14. The lowest BCUT2D eigenvalue weighted by Crippen LogP contribution is -2.47. The predicted molar refractivity (Wildman–Crippen MR) is 163 cm³/mol. The normalized spacial score (nSPS) is 15.0. The number of carboxylic acids is 1. The van der Waals surface area contributed by atoms with Gasteiger partial charge in [-0.25, -0.2) is 8.42 Å². The van der Waals surface area contributed by atoms with Crippen molar-refractivity contribution < 1.29 is 36.6 Å². The Labute approximate surface area is 256 Å². The Bertz CT molecular complexity index is 1570. The Balaban J connectivity index is 1.42. The first kappa shape index (κ1) is 33.6. The van der Waals surface area contributed by atoms with E-state index in [2.05, 4.69) is 17.4 Å². The van der Waals surface area contributed by atoms with Crippen LogP contribution in [-0.2, 0) is 40.3 Å². The lowest BCUT2D eigenvalue weighted by atomic mass is 9.88. The van der Waals surface area contributed by atoms with Gasteiger partial charge >= 0.3 is 12.1 Å². The van der Waals surface area contributed by atoms with Crippen LogP contribution in [0.2, 0.25) is 0 Å². The summed E-state index contributed by atoms with van der Waals surface area (Å²) in [6.07, 6.45) is -3.15.